The van der Waals surface area contributed by atoms with E-state index in [0.717, 1.165) is 25.9 Å². The van der Waals surface area contributed by atoms with Crippen LogP contribution >= 0.6 is 0 Å². The molecule has 1 saturated heterocycles. The first kappa shape index (κ1) is 17.3. The van der Waals surface area contributed by atoms with E-state index in [2.05, 4.69) is 5.32 Å². The number of carboxylic acids is 1. The van der Waals surface area contributed by atoms with E-state index in [4.69, 9.17) is 0 Å². The molecule has 1 atom stereocenters. The van der Waals surface area contributed by atoms with Crippen LogP contribution in [0.2, 0.25) is 0 Å². The number of aliphatic carboxylic acids is 1. The fraction of sp³-hybridized carbons (Fsp3) is 0.882. The Bertz CT molecular complexity index is 372. The average Bonchev–Trinajstić information content (AvgIpc) is 2.50. The fourth-order valence-corrected chi connectivity index (χ4v) is 3.88. The van der Waals surface area contributed by atoms with E-state index in [0.29, 0.717) is 18.8 Å². The van der Waals surface area contributed by atoms with Gasteiger partial charge in [0.2, 0.25) is 5.91 Å². The Balaban J connectivity index is 1.70. The average molecular weight is 310 g/mol. The van der Waals surface area contributed by atoms with Crippen LogP contribution in [0.1, 0.15) is 64.7 Å². The molecule has 0 spiro atoms. The Labute approximate surface area is 133 Å². The van der Waals surface area contributed by atoms with Crippen molar-refractivity contribution in [3.63, 3.8) is 0 Å². The summed E-state index contributed by atoms with van der Waals surface area (Å²) in [4.78, 5) is 25.4. The van der Waals surface area contributed by atoms with Gasteiger partial charge in [0.1, 0.15) is 6.04 Å². The third-order valence-corrected chi connectivity index (χ3v) is 5.21. The second kappa shape index (κ2) is 8.51. The number of piperidine rings is 1. The van der Waals surface area contributed by atoms with E-state index in [1.54, 1.807) is 0 Å². The van der Waals surface area contributed by atoms with Crippen molar-refractivity contribution < 1.29 is 14.7 Å². The monoisotopic (exact) mass is 310 g/mol. The fourth-order valence-electron chi connectivity index (χ4n) is 3.88. The summed E-state index contributed by atoms with van der Waals surface area (Å²) in [5, 5.41) is 12.4. The standard InChI is InChI=1S/C17H30N2O3/c1-2-15(17(21)22)19-10-8-14(9-11-19)18-16(20)12-13-6-4-3-5-7-13/h13-15H,2-12H2,1H3,(H,18,20)(H,21,22). The van der Waals surface area contributed by atoms with Gasteiger partial charge in [-0.3, -0.25) is 14.5 Å². The van der Waals surface area contributed by atoms with Crippen molar-refractivity contribution in [2.75, 3.05) is 13.1 Å². The van der Waals surface area contributed by atoms with Gasteiger partial charge in [-0.25, -0.2) is 0 Å². The van der Waals surface area contributed by atoms with Crippen LogP contribution in [0.25, 0.3) is 0 Å². The van der Waals surface area contributed by atoms with E-state index in [1.807, 2.05) is 11.8 Å². The highest BCUT2D eigenvalue weighted by Crippen LogP contribution is 2.26. The van der Waals surface area contributed by atoms with Crippen LogP contribution in [-0.4, -0.2) is 47.1 Å². The number of carbonyl (C=O) groups excluding carboxylic acids is 1. The topological polar surface area (TPSA) is 69.6 Å². The van der Waals surface area contributed by atoms with Gasteiger partial charge in [0, 0.05) is 25.6 Å². The van der Waals surface area contributed by atoms with Crippen LogP contribution in [0.4, 0.5) is 0 Å². The quantitative estimate of drug-likeness (QED) is 0.790. The molecule has 2 rings (SSSR count). The third kappa shape index (κ3) is 4.97. The summed E-state index contributed by atoms with van der Waals surface area (Å²) >= 11 is 0. The Morgan fingerprint density at radius 1 is 1.14 bits per heavy atom. The second-order valence-electron chi connectivity index (χ2n) is 6.85. The zero-order valence-electron chi connectivity index (χ0n) is 13.7. The van der Waals surface area contributed by atoms with Crippen LogP contribution < -0.4 is 5.32 Å². The number of hydrogen-bond acceptors (Lipinski definition) is 3. The largest absolute Gasteiger partial charge is 0.480 e. The maximum atomic E-state index is 12.1. The predicted molar refractivity (Wildman–Crippen MR) is 85.6 cm³/mol. The SMILES string of the molecule is CCC(C(=O)O)N1CCC(NC(=O)CC2CCCCC2)CC1. The number of carboxylic acid groups (broad SMARTS) is 1. The van der Waals surface area contributed by atoms with Crippen molar-refractivity contribution in [3.8, 4) is 0 Å². The van der Waals surface area contributed by atoms with E-state index in [-0.39, 0.29) is 18.0 Å². The van der Waals surface area contributed by atoms with Gasteiger partial charge in [-0.15, -0.1) is 0 Å². The summed E-state index contributed by atoms with van der Waals surface area (Å²) < 4.78 is 0. The van der Waals surface area contributed by atoms with Gasteiger partial charge in [-0.05, 0) is 38.0 Å². The molecule has 1 unspecified atom stereocenters. The first-order valence-corrected chi connectivity index (χ1v) is 8.86. The minimum Gasteiger partial charge on any atom is -0.480 e. The lowest BCUT2D eigenvalue weighted by atomic mass is 9.86. The lowest BCUT2D eigenvalue weighted by molar-refractivity contribution is -0.144. The van der Waals surface area contributed by atoms with Gasteiger partial charge in [0.05, 0.1) is 0 Å². The first-order chi connectivity index (χ1) is 10.6. The number of carbonyl (C=O) groups is 2. The summed E-state index contributed by atoms with van der Waals surface area (Å²) in [6, 6.07) is -0.155. The van der Waals surface area contributed by atoms with Crippen LogP contribution in [0.3, 0.4) is 0 Å². The predicted octanol–water partition coefficient (Wildman–Crippen LogP) is 2.40. The molecule has 1 aliphatic carbocycles. The minimum atomic E-state index is -0.734. The molecule has 1 saturated carbocycles. The summed E-state index contributed by atoms with van der Waals surface area (Å²) in [5.41, 5.74) is 0. The van der Waals surface area contributed by atoms with E-state index in [9.17, 15) is 14.7 Å². The maximum absolute atomic E-state index is 12.1. The minimum absolute atomic E-state index is 0.190. The van der Waals surface area contributed by atoms with Gasteiger partial charge >= 0.3 is 5.97 Å². The first-order valence-electron chi connectivity index (χ1n) is 8.86. The molecule has 1 amide bonds. The summed E-state index contributed by atoms with van der Waals surface area (Å²) in [6.45, 7) is 3.44. The number of rotatable bonds is 6. The number of likely N-dealkylation sites (tertiary alicyclic amines) is 1. The highest BCUT2D eigenvalue weighted by Gasteiger charge is 2.29. The lowest BCUT2D eigenvalue weighted by Crippen LogP contribution is -2.50. The Hall–Kier alpha value is -1.10. The van der Waals surface area contributed by atoms with E-state index < -0.39 is 5.97 Å². The smallest absolute Gasteiger partial charge is 0.320 e. The lowest BCUT2D eigenvalue weighted by Gasteiger charge is -2.35. The molecule has 0 aromatic carbocycles. The summed E-state index contributed by atoms with van der Waals surface area (Å²) in [5.74, 6) is 0.0308. The molecule has 0 aromatic rings. The molecule has 5 heteroatoms. The molecule has 0 bridgehead atoms. The van der Waals surface area contributed by atoms with E-state index in [1.165, 1.54) is 32.1 Å². The zero-order chi connectivity index (χ0) is 15.9. The maximum Gasteiger partial charge on any atom is 0.320 e. The molecule has 5 nitrogen and oxygen atoms in total. The van der Waals surface area contributed by atoms with Crippen molar-refractivity contribution in [3.05, 3.63) is 0 Å². The highest BCUT2D eigenvalue weighted by atomic mass is 16.4. The van der Waals surface area contributed by atoms with Gasteiger partial charge in [0.25, 0.3) is 0 Å². The molecule has 1 heterocycles. The molecule has 126 valence electrons. The number of hydrogen-bond donors (Lipinski definition) is 2. The molecule has 22 heavy (non-hydrogen) atoms. The van der Waals surface area contributed by atoms with Crippen molar-refractivity contribution in [1.82, 2.24) is 10.2 Å². The molecule has 2 aliphatic rings. The molecular formula is C17H30N2O3. The van der Waals surface area contributed by atoms with Crippen LogP contribution in [-0.2, 0) is 9.59 Å². The van der Waals surface area contributed by atoms with Crippen LogP contribution in [0, 0.1) is 5.92 Å². The normalized spacial score (nSPS) is 23.1. The van der Waals surface area contributed by atoms with Crippen LogP contribution in [0.15, 0.2) is 0 Å². The molecule has 0 aromatic heterocycles. The molecule has 0 radical (unpaired) electrons. The zero-order valence-corrected chi connectivity index (χ0v) is 13.7. The summed E-state index contributed by atoms with van der Waals surface area (Å²) in [6.07, 6.45) is 9.28. The number of nitrogens with zero attached hydrogens (tertiary/aromatic N) is 1. The molecule has 1 aliphatic heterocycles. The Morgan fingerprint density at radius 2 is 1.77 bits per heavy atom. The Morgan fingerprint density at radius 3 is 2.32 bits per heavy atom. The third-order valence-electron chi connectivity index (χ3n) is 5.21. The Kier molecular flexibility index (Phi) is 6.68. The number of amides is 1. The second-order valence-corrected chi connectivity index (χ2v) is 6.85. The van der Waals surface area contributed by atoms with Gasteiger partial charge in [0.15, 0.2) is 0 Å². The molecular weight excluding hydrogens is 280 g/mol. The molecule has 2 N–H and O–H groups in total. The van der Waals surface area contributed by atoms with Crippen molar-refractivity contribution in [1.29, 1.82) is 0 Å². The van der Waals surface area contributed by atoms with Gasteiger partial charge < -0.3 is 10.4 Å². The molecule has 2 fully saturated rings. The van der Waals surface area contributed by atoms with E-state index >= 15 is 0 Å². The van der Waals surface area contributed by atoms with Gasteiger partial charge in [-0.2, -0.15) is 0 Å². The highest BCUT2D eigenvalue weighted by molar-refractivity contribution is 5.76. The number of nitrogens with one attached hydrogen (secondary N) is 1. The van der Waals surface area contributed by atoms with Crippen molar-refractivity contribution in [2.45, 2.75) is 76.8 Å². The van der Waals surface area contributed by atoms with Crippen molar-refractivity contribution in [2.24, 2.45) is 5.92 Å². The van der Waals surface area contributed by atoms with Crippen LogP contribution in [0.5, 0.6) is 0 Å². The van der Waals surface area contributed by atoms with Gasteiger partial charge in [-0.1, -0.05) is 26.2 Å². The van der Waals surface area contributed by atoms with Crippen molar-refractivity contribution >= 4 is 11.9 Å². The summed E-state index contributed by atoms with van der Waals surface area (Å²) in [7, 11) is 0.